The molecule has 1 aromatic carbocycles. The van der Waals surface area contributed by atoms with Gasteiger partial charge in [-0.3, -0.25) is 39.0 Å². The van der Waals surface area contributed by atoms with Crippen LogP contribution in [0, 0.1) is 29.1 Å². The summed E-state index contributed by atoms with van der Waals surface area (Å²) in [6.07, 6.45) is 9.64. The number of amides is 7. The number of hydrogen-bond donors (Lipinski definition) is 17. The van der Waals surface area contributed by atoms with E-state index in [-0.39, 0.29) is 57.0 Å². The summed E-state index contributed by atoms with van der Waals surface area (Å²) in [5.41, 5.74) is 17.8. The van der Waals surface area contributed by atoms with Crippen LogP contribution in [0.1, 0.15) is 123 Å². The highest BCUT2D eigenvalue weighted by molar-refractivity contribution is 5.98. The minimum atomic E-state index is -1.37. The summed E-state index contributed by atoms with van der Waals surface area (Å²) in [5, 5.41) is 56.9. The van der Waals surface area contributed by atoms with Crippen LogP contribution in [0.15, 0.2) is 36.8 Å². The number of H-pyrrole nitrogens is 1. The minimum absolute atomic E-state index is 0.0406. The number of nitrogens with zero attached hydrogens (tertiary/aromatic N) is 2. The normalized spacial score (nSPS) is 16.0. The van der Waals surface area contributed by atoms with E-state index in [1.807, 2.05) is 13.8 Å². The summed E-state index contributed by atoms with van der Waals surface area (Å²) in [6, 6.07) is -2.48. The molecule has 1 aromatic heterocycles. The average molecular weight is 1200 g/mol. The standard InChI is InChI=1S/C58H101N17O10/c1-7-37(5)49(55(82)71-45(30-41-33-66-35-68-41)56(83)75-28-14-17-46(75)53(80)74-50(57(84)85)38(6)8-2)73-52(79)44(29-39-18-20-42(76)21-19-39)70-54(81)48(36(3)4)72-51(78)43(16-13-25-67-58(61)62)69-47(77)34-63-24-12-10-9-11-15-40(31-64-26-22-59)32-65-27-23-60/h18-21,33,35-38,40,43-46,48-50,63-65,76H,7-17,22-32,34,59-60H2,1-6H3,(H,66,68)(H,69,77)(H,70,81)(H,71,82)(H,72,78)(H,73,79)(H,74,80)(H,84,85)(H4,61,62,67)/t37?,38?,43-,44-,45-,46-,48-,49-,50-/m0/s1. The second-order valence-corrected chi connectivity index (χ2v) is 22.6. The first-order valence-corrected chi connectivity index (χ1v) is 30.3. The molecule has 27 nitrogen and oxygen atoms in total. The topological polar surface area (TPSA) is 431 Å². The number of aromatic hydroxyl groups is 1. The van der Waals surface area contributed by atoms with Crippen LogP contribution in [0.25, 0.3) is 0 Å². The largest absolute Gasteiger partial charge is 0.508 e. The smallest absolute Gasteiger partial charge is 0.326 e. The van der Waals surface area contributed by atoms with Crippen LogP contribution in [0.5, 0.6) is 5.75 Å². The van der Waals surface area contributed by atoms with Gasteiger partial charge in [-0.05, 0) is 99.5 Å². The van der Waals surface area contributed by atoms with Gasteiger partial charge in [-0.1, -0.05) is 85.8 Å². The van der Waals surface area contributed by atoms with E-state index in [2.05, 4.69) is 63.1 Å². The van der Waals surface area contributed by atoms with Crippen LogP contribution in [0.2, 0.25) is 0 Å². The van der Waals surface area contributed by atoms with E-state index in [9.17, 15) is 48.6 Å². The molecule has 3 rings (SSSR count). The number of imidazole rings is 1. The molecule has 1 saturated heterocycles. The average Bonchev–Trinajstić information content (AvgIpc) is 4.25. The fourth-order valence-corrected chi connectivity index (χ4v) is 9.97. The zero-order valence-corrected chi connectivity index (χ0v) is 50.9. The number of benzene rings is 1. The fraction of sp³-hybridized carbons (Fsp3) is 0.690. The number of aromatic nitrogens is 2. The van der Waals surface area contributed by atoms with Gasteiger partial charge in [-0.15, -0.1) is 0 Å². The van der Waals surface area contributed by atoms with Gasteiger partial charge in [0.15, 0.2) is 5.96 Å². The van der Waals surface area contributed by atoms with Crippen molar-refractivity contribution in [3.05, 3.63) is 48.0 Å². The number of aromatic amines is 1. The van der Waals surface area contributed by atoms with Crippen molar-refractivity contribution in [2.75, 3.05) is 65.4 Å². The predicted molar refractivity (Wildman–Crippen MR) is 324 cm³/mol. The van der Waals surface area contributed by atoms with Crippen molar-refractivity contribution in [3.63, 3.8) is 0 Å². The van der Waals surface area contributed by atoms with Crippen molar-refractivity contribution in [2.24, 2.45) is 40.9 Å². The molecule has 85 heavy (non-hydrogen) atoms. The molecule has 0 aliphatic carbocycles. The number of likely N-dealkylation sites (tertiary alicyclic amines) is 1. The van der Waals surface area contributed by atoms with Crippen molar-refractivity contribution in [1.82, 2.24) is 68.0 Å². The molecule has 7 amide bonds. The first kappa shape index (κ1) is 72.3. The molecule has 1 aliphatic heterocycles. The van der Waals surface area contributed by atoms with Gasteiger partial charge in [0.25, 0.3) is 0 Å². The third-order valence-corrected chi connectivity index (χ3v) is 15.4. The number of carbonyl (C=O) groups excluding carboxylic acids is 7. The minimum Gasteiger partial charge on any atom is -0.508 e. The molecule has 0 saturated carbocycles. The summed E-state index contributed by atoms with van der Waals surface area (Å²) in [4.78, 5) is 120. The Labute approximate surface area is 501 Å². The van der Waals surface area contributed by atoms with Gasteiger partial charge in [0, 0.05) is 64.0 Å². The van der Waals surface area contributed by atoms with Crippen LogP contribution < -0.4 is 70.4 Å². The zero-order chi connectivity index (χ0) is 62.8. The van der Waals surface area contributed by atoms with Gasteiger partial charge in [-0.2, -0.15) is 0 Å². The third kappa shape index (κ3) is 26.5. The molecular formula is C58H101N17O10. The van der Waals surface area contributed by atoms with Crippen LogP contribution in [-0.4, -0.2) is 186 Å². The van der Waals surface area contributed by atoms with Crippen LogP contribution >= 0.6 is 0 Å². The van der Waals surface area contributed by atoms with Gasteiger partial charge >= 0.3 is 5.97 Å². The summed E-state index contributed by atoms with van der Waals surface area (Å²) < 4.78 is 0. The number of phenols is 1. The first-order valence-electron chi connectivity index (χ1n) is 30.3. The van der Waals surface area contributed by atoms with Gasteiger partial charge in [0.05, 0.1) is 12.9 Å². The maximum atomic E-state index is 14.7. The number of nitrogens with one attached hydrogen (secondary N) is 12. The monoisotopic (exact) mass is 1200 g/mol. The molecule has 0 spiro atoms. The summed E-state index contributed by atoms with van der Waals surface area (Å²) in [7, 11) is 0. The lowest BCUT2D eigenvalue weighted by atomic mass is 9.96. The predicted octanol–water partition coefficient (Wildman–Crippen LogP) is -0.851. The highest BCUT2D eigenvalue weighted by Gasteiger charge is 2.41. The molecular weight excluding hydrogens is 1090 g/mol. The second kappa shape index (κ2) is 39.6. The van der Waals surface area contributed by atoms with E-state index < -0.39 is 107 Å². The maximum absolute atomic E-state index is 14.7. The van der Waals surface area contributed by atoms with E-state index in [1.54, 1.807) is 39.8 Å². The van der Waals surface area contributed by atoms with E-state index in [0.29, 0.717) is 62.5 Å². The number of rotatable bonds is 43. The number of carboxylic acids is 1. The van der Waals surface area contributed by atoms with Crippen molar-refractivity contribution in [3.8, 4) is 5.75 Å². The van der Waals surface area contributed by atoms with E-state index in [1.165, 1.54) is 29.6 Å². The zero-order valence-electron chi connectivity index (χ0n) is 50.9. The van der Waals surface area contributed by atoms with Gasteiger partial charge in [0.1, 0.15) is 48.0 Å². The quantitative estimate of drug-likeness (QED) is 0.0218. The van der Waals surface area contributed by atoms with E-state index >= 15 is 0 Å². The molecule has 27 heteroatoms. The first-order chi connectivity index (χ1) is 40.6. The summed E-state index contributed by atoms with van der Waals surface area (Å²) in [5.74, 6) is -7.11. The lowest BCUT2D eigenvalue weighted by molar-refractivity contribution is -0.146. The highest BCUT2D eigenvalue weighted by Crippen LogP contribution is 2.22. The van der Waals surface area contributed by atoms with Gasteiger partial charge in [0.2, 0.25) is 41.4 Å². The number of hydrogen-bond acceptors (Lipinski definition) is 16. The Morgan fingerprint density at radius 1 is 0.694 bits per heavy atom. The van der Waals surface area contributed by atoms with Crippen molar-refractivity contribution in [1.29, 1.82) is 5.41 Å². The van der Waals surface area contributed by atoms with Crippen LogP contribution in [0.4, 0.5) is 0 Å². The third-order valence-electron chi connectivity index (χ3n) is 15.4. The molecule has 1 aliphatic rings. The Kier molecular flexibility index (Phi) is 33.7. The number of aliphatic carboxylic acids is 1. The summed E-state index contributed by atoms with van der Waals surface area (Å²) >= 11 is 0. The molecule has 2 aromatic rings. The van der Waals surface area contributed by atoms with Crippen molar-refractivity contribution in [2.45, 2.75) is 167 Å². The van der Waals surface area contributed by atoms with Crippen molar-refractivity contribution >= 4 is 53.3 Å². The molecule has 0 bridgehead atoms. The lowest BCUT2D eigenvalue weighted by Crippen LogP contribution is -2.62. The molecule has 478 valence electrons. The number of carbonyl (C=O) groups is 8. The van der Waals surface area contributed by atoms with Crippen molar-refractivity contribution < 1.29 is 48.6 Å². The number of phenolic OH excluding ortho intramolecular Hbond substituents is 1. The Balaban J connectivity index is 1.79. The SMILES string of the molecule is CCC(C)[C@H](NC(=O)[C@@H]1CCCN1C(=O)[C@H](Cc1cnc[nH]1)NC(=O)[C@@H](NC(=O)[C@H](Cc1ccc(O)cc1)NC(=O)[C@@H](NC(=O)[C@H](CCCNC(=N)N)NC(=O)CNCCCCCCC(CNCCN)CNCCN)C(C)C)C(C)CC)C(=O)O. The Morgan fingerprint density at radius 3 is 1.91 bits per heavy atom. The number of carboxylic acid groups (broad SMARTS) is 1. The molecule has 2 unspecified atom stereocenters. The molecule has 1 fully saturated rings. The van der Waals surface area contributed by atoms with E-state index in [4.69, 9.17) is 22.6 Å². The Bertz CT molecular complexity index is 2350. The molecule has 9 atom stereocenters. The number of unbranched alkanes of at least 4 members (excludes halogenated alkanes) is 3. The molecule has 0 radical (unpaired) electrons. The lowest BCUT2D eigenvalue weighted by Gasteiger charge is -2.32. The number of nitrogens with two attached hydrogens (primary N) is 3. The van der Waals surface area contributed by atoms with Gasteiger partial charge in [-0.25, -0.2) is 9.78 Å². The fourth-order valence-electron chi connectivity index (χ4n) is 9.97. The van der Waals surface area contributed by atoms with E-state index in [0.717, 1.165) is 58.3 Å². The second-order valence-electron chi connectivity index (χ2n) is 22.6. The molecule has 20 N–H and O–H groups in total. The van der Waals surface area contributed by atoms with Gasteiger partial charge < -0.3 is 90.5 Å². The number of guanidine groups is 1. The Morgan fingerprint density at radius 2 is 1.31 bits per heavy atom. The van der Waals surface area contributed by atoms with Crippen LogP contribution in [0.3, 0.4) is 0 Å². The maximum Gasteiger partial charge on any atom is 0.326 e. The Hall–Kier alpha value is -6.94. The highest BCUT2D eigenvalue weighted by atomic mass is 16.4. The van der Waals surface area contributed by atoms with Crippen LogP contribution in [-0.2, 0) is 51.2 Å². The molecule has 2 heterocycles. The summed E-state index contributed by atoms with van der Waals surface area (Å²) in [6.45, 7) is 15.8.